The van der Waals surface area contributed by atoms with E-state index in [4.69, 9.17) is 9.47 Å². The lowest BCUT2D eigenvalue weighted by Gasteiger charge is -2.06. The Morgan fingerprint density at radius 1 is 0.524 bits per heavy atom. The van der Waals surface area contributed by atoms with Crippen LogP contribution in [0.2, 0.25) is 0 Å². The Hall–Kier alpha value is -1.64. The van der Waals surface area contributed by atoms with E-state index in [9.17, 15) is 0 Å². The molecule has 2 aromatic carbocycles. The molecule has 2 rings (SSSR count). The molecule has 0 atom stereocenters. The summed E-state index contributed by atoms with van der Waals surface area (Å²) in [4.78, 5) is 0. The van der Waals surface area contributed by atoms with Gasteiger partial charge >= 0.3 is 0 Å². The molecule has 0 aromatic heterocycles. The van der Waals surface area contributed by atoms with Crippen molar-refractivity contribution in [1.82, 2.24) is 0 Å². The summed E-state index contributed by atoms with van der Waals surface area (Å²) in [6, 6.07) is 20.6. The van der Waals surface area contributed by atoms with Gasteiger partial charge in [-0.05, 0) is 30.4 Å². The maximum atomic E-state index is 5.65. The smallest absolute Gasteiger partial charge is 0.0716 e. The fourth-order valence-corrected chi connectivity index (χ4v) is 2.11. The van der Waals surface area contributed by atoms with Crippen molar-refractivity contribution in [2.75, 3.05) is 13.2 Å². The molecule has 0 spiro atoms. The highest BCUT2D eigenvalue weighted by Gasteiger charge is 1.94. The minimum atomic E-state index is 0.714. The first-order valence-electron chi connectivity index (χ1n) is 7.68. The number of rotatable bonds is 10. The number of benzene rings is 2. The number of ether oxygens (including phenoxy) is 2. The second-order valence-electron chi connectivity index (χ2n) is 5.14. The van der Waals surface area contributed by atoms with Gasteiger partial charge in [-0.15, -0.1) is 0 Å². The number of hydrogen-bond acceptors (Lipinski definition) is 2. The fourth-order valence-electron chi connectivity index (χ4n) is 2.11. The van der Waals surface area contributed by atoms with Gasteiger partial charge in [0, 0.05) is 13.2 Å². The predicted molar refractivity (Wildman–Crippen MR) is 86.0 cm³/mol. The normalized spacial score (nSPS) is 10.7. The molecule has 0 aliphatic carbocycles. The minimum absolute atomic E-state index is 0.714. The van der Waals surface area contributed by atoms with E-state index in [0.717, 1.165) is 32.5 Å². The Labute approximate surface area is 127 Å². The largest absolute Gasteiger partial charge is 0.377 e. The van der Waals surface area contributed by atoms with Crippen LogP contribution >= 0.6 is 0 Å². The van der Waals surface area contributed by atoms with Crippen molar-refractivity contribution in [1.29, 1.82) is 0 Å². The van der Waals surface area contributed by atoms with E-state index in [0.29, 0.717) is 13.2 Å². The Morgan fingerprint density at radius 2 is 0.952 bits per heavy atom. The highest BCUT2D eigenvalue weighted by molar-refractivity contribution is 5.14. The van der Waals surface area contributed by atoms with Gasteiger partial charge in [0.25, 0.3) is 0 Å². The zero-order chi connectivity index (χ0) is 14.6. The van der Waals surface area contributed by atoms with Gasteiger partial charge in [-0.25, -0.2) is 0 Å². The van der Waals surface area contributed by atoms with Crippen LogP contribution in [-0.2, 0) is 22.7 Å². The average molecular weight is 284 g/mol. The summed E-state index contributed by atoms with van der Waals surface area (Å²) in [6.45, 7) is 3.08. The van der Waals surface area contributed by atoms with E-state index >= 15 is 0 Å². The van der Waals surface area contributed by atoms with E-state index in [1.54, 1.807) is 0 Å². The molecule has 0 saturated carbocycles. The molecule has 0 N–H and O–H groups in total. The first-order chi connectivity index (χ1) is 10.4. The highest BCUT2D eigenvalue weighted by Crippen LogP contribution is 2.04. The zero-order valence-electron chi connectivity index (χ0n) is 12.5. The maximum Gasteiger partial charge on any atom is 0.0716 e. The van der Waals surface area contributed by atoms with Gasteiger partial charge in [0.2, 0.25) is 0 Å². The molecule has 0 aliphatic rings. The maximum absolute atomic E-state index is 5.65. The second kappa shape index (κ2) is 10.1. The fraction of sp³-hybridized carbons (Fsp3) is 0.368. The van der Waals surface area contributed by atoms with Crippen LogP contribution in [0.15, 0.2) is 60.7 Å². The third-order valence-electron chi connectivity index (χ3n) is 3.30. The third kappa shape index (κ3) is 7.07. The van der Waals surface area contributed by atoms with Crippen LogP contribution in [0.25, 0.3) is 0 Å². The number of unbranched alkanes of at least 4 members (excludes halogenated alkanes) is 2. The van der Waals surface area contributed by atoms with Gasteiger partial charge in [-0.3, -0.25) is 0 Å². The second-order valence-corrected chi connectivity index (χ2v) is 5.14. The molecule has 0 bridgehead atoms. The van der Waals surface area contributed by atoms with Gasteiger partial charge in [0.05, 0.1) is 13.2 Å². The molecule has 0 fully saturated rings. The van der Waals surface area contributed by atoms with Crippen molar-refractivity contribution in [2.45, 2.75) is 32.5 Å². The van der Waals surface area contributed by atoms with Crippen LogP contribution < -0.4 is 0 Å². The summed E-state index contributed by atoms with van der Waals surface area (Å²) >= 11 is 0. The van der Waals surface area contributed by atoms with Crippen molar-refractivity contribution >= 4 is 0 Å². The molecule has 0 aliphatic heterocycles. The molecular weight excluding hydrogens is 260 g/mol. The third-order valence-corrected chi connectivity index (χ3v) is 3.30. The molecule has 0 unspecified atom stereocenters. The van der Waals surface area contributed by atoms with Crippen molar-refractivity contribution < 1.29 is 9.47 Å². The van der Waals surface area contributed by atoms with Gasteiger partial charge in [-0.2, -0.15) is 0 Å². The summed E-state index contributed by atoms with van der Waals surface area (Å²) in [7, 11) is 0. The molecular formula is C19H24O2. The molecule has 2 nitrogen and oxygen atoms in total. The van der Waals surface area contributed by atoms with Crippen LogP contribution in [0.4, 0.5) is 0 Å². The molecule has 0 radical (unpaired) electrons. The van der Waals surface area contributed by atoms with Gasteiger partial charge in [0.1, 0.15) is 0 Å². The summed E-state index contributed by atoms with van der Waals surface area (Å²) in [5.74, 6) is 0. The lowest BCUT2D eigenvalue weighted by Crippen LogP contribution is -1.98. The van der Waals surface area contributed by atoms with E-state index in [-0.39, 0.29) is 0 Å². The van der Waals surface area contributed by atoms with E-state index < -0.39 is 0 Å². The van der Waals surface area contributed by atoms with Crippen LogP contribution in [0.3, 0.4) is 0 Å². The zero-order valence-corrected chi connectivity index (χ0v) is 12.5. The monoisotopic (exact) mass is 284 g/mol. The predicted octanol–water partition coefficient (Wildman–Crippen LogP) is 4.59. The molecule has 2 heteroatoms. The Morgan fingerprint density at radius 3 is 1.38 bits per heavy atom. The molecule has 2 aromatic rings. The lowest BCUT2D eigenvalue weighted by atomic mass is 10.2. The molecule has 21 heavy (non-hydrogen) atoms. The van der Waals surface area contributed by atoms with Crippen molar-refractivity contribution in [3.8, 4) is 0 Å². The first-order valence-corrected chi connectivity index (χ1v) is 7.68. The van der Waals surface area contributed by atoms with Crippen LogP contribution in [0, 0.1) is 0 Å². The highest BCUT2D eigenvalue weighted by atomic mass is 16.5. The summed E-state index contributed by atoms with van der Waals surface area (Å²) < 4.78 is 11.3. The Kier molecular flexibility index (Phi) is 7.60. The molecule has 0 amide bonds. The summed E-state index contributed by atoms with van der Waals surface area (Å²) in [5.41, 5.74) is 2.48. The van der Waals surface area contributed by atoms with Crippen molar-refractivity contribution in [3.05, 3.63) is 71.8 Å². The van der Waals surface area contributed by atoms with Crippen molar-refractivity contribution in [2.24, 2.45) is 0 Å². The van der Waals surface area contributed by atoms with Gasteiger partial charge in [-0.1, -0.05) is 60.7 Å². The summed E-state index contributed by atoms with van der Waals surface area (Å²) in [6.07, 6.45) is 3.35. The Bertz CT molecular complexity index is 422. The molecule has 0 saturated heterocycles. The number of hydrogen-bond donors (Lipinski definition) is 0. The quantitative estimate of drug-likeness (QED) is 0.594. The molecule has 0 heterocycles. The summed E-state index contributed by atoms with van der Waals surface area (Å²) in [5, 5.41) is 0. The van der Waals surface area contributed by atoms with E-state index in [1.165, 1.54) is 11.1 Å². The van der Waals surface area contributed by atoms with Crippen molar-refractivity contribution in [3.63, 3.8) is 0 Å². The topological polar surface area (TPSA) is 18.5 Å². The van der Waals surface area contributed by atoms with Crippen LogP contribution in [-0.4, -0.2) is 13.2 Å². The standard InChI is InChI=1S/C19H24O2/c1-4-10-18(11-5-1)16-20-14-8-3-9-15-21-17-19-12-6-2-7-13-19/h1-2,4-7,10-13H,3,8-9,14-17H2. The lowest BCUT2D eigenvalue weighted by molar-refractivity contribution is 0.102. The van der Waals surface area contributed by atoms with Gasteiger partial charge < -0.3 is 9.47 Å². The molecule has 112 valence electrons. The Balaban J connectivity index is 1.40. The van der Waals surface area contributed by atoms with Crippen LogP contribution in [0.1, 0.15) is 30.4 Å². The minimum Gasteiger partial charge on any atom is -0.377 e. The van der Waals surface area contributed by atoms with E-state index in [2.05, 4.69) is 24.3 Å². The first kappa shape index (κ1) is 15.7. The van der Waals surface area contributed by atoms with Crippen LogP contribution in [0.5, 0.6) is 0 Å². The average Bonchev–Trinajstić information content (AvgIpc) is 2.55. The SMILES string of the molecule is c1ccc(COCCCCCOCc2ccccc2)cc1. The van der Waals surface area contributed by atoms with Gasteiger partial charge in [0.15, 0.2) is 0 Å². The van der Waals surface area contributed by atoms with E-state index in [1.807, 2.05) is 36.4 Å².